The lowest BCUT2D eigenvalue weighted by molar-refractivity contribution is 0.0990. The standard InChI is InChI=1S/C16H19BrN2O/c1-5-13-16(17)14(19(4)18-13)9-15(20)12-7-10(2)6-11(3)8-12/h6-8H,5,9H2,1-4H3. The molecule has 0 atom stereocenters. The number of hydrogen-bond donors (Lipinski definition) is 0. The first-order valence-corrected chi connectivity index (χ1v) is 7.53. The molecule has 0 radical (unpaired) electrons. The van der Waals surface area contributed by atoms with Gasteiger partial charge in [0.1, 0.15) is 0 Å². The van der Waals surface area contributed by atoms with Crippen molar-refractivity contribution in [3.63, 3.8) is 0 Å². The summed E-state index contributed by atoms with van der Waals surface area (Å²) in [6.07, 6.45) is 1.22. The number of rotatable bonds is 4. The Kier molecular flexibility index (Phi) is 4.43. The van der Waals surface area contributed by atoms with Crippen molar-refractivity contribution in [2.24, 2.45) is 7.05 Å². The smallest absolute Gasteiger partial charge is 0.168 e. The summed E-state index contributed by atoms with van der Waals surface area (Å²) in [5, 5.41) is 4.43. The average Bonchev–Trinajstić information content (AvgIpc) is 2.65. The van der Waals surface area contributed by atoms with Crippen LogP contribution >= 0.6 is 15.9 Å². The number of carbonyl (C=O) groups is 1. The summed E-state index contributed by atoms with van der Waals surface area (Å²) in [5.41, 5.74) is 4.94. The molecule has 106 valence electrons. The Hall–Kier alpha value is -1.42. The molecule has 2 aromatic rings. The molecule has 0 spiro atoms. The molecule has 1 heterocycles. The predicted molar refractivity (Wildman–Crippen MR) is 84.2 cm³/mol. The van der Waals surface area contributed by atoms with Crippen LogP contribution in [-0.4, -0.2) is 15.6 Å². The number of Topliss-reactive ketones (excluding diaryl/α,β-unsaturated/α-hetero) is 1. The molecule has 0 N–H and O–H groups in total. The van der Waals surface area contributed by atoms with Gasteiger partial charge in [0.25, 0.3) is 0 Å². The van der Waals surface area contributed by atoms with Crippen LogP contribution in [0.15, 0.2) is 22.7 Å². The number of nitrogens with zero attached hydrogens (tertiary/aromatic N) is 2. The van der Waals surface area contributed by atoms with E-state index in [2.05, 4.69) is 34.0 Å². The highest BCUT2D eigenvalue weighted by molar-refractivity contribution is 9.10. The molecule has 0 unspecified atom stereocenters. The van der Waals surface area contributed by atoms with Crippen LogP contribution in [0.3, 0.4) is 0 Å². The van der Waals surface area contributed by atoms with Crippen molar-refractivity contribution < 1.29 is 4.79 Å². The number of benzene rings is 1. The molecule has 0 fully saturated rings. The first kappa shape index (κ1) is 15.0. The summed E-state index contributed by atoms with van der Waals surface area (Å²) in [6, 6.07) is 5.96. The van der Waals surface area contributed by atoms with Crippen molar-refractivity contribution in [1.29, 1.82) is 0 Å². The van der Waals surface area contributed by atoms with Gasteiger partial charge in [-0.15, -0.1) is 0 Å². The Morgan fingerprint density at radius 3 is 2.35 bits per heavy atom. The van der Waals surface area contributed by atoms with E-state index in [1.807, 2.05) is 33.0 Å². The molecule has 0 bridgehead atoms. The highest BCUT2D eigenvalue weighted by Gasteiger charge is 2.17. The van der Waals surface area contributed by atoms with Crippen LogP contribution in [0, 0.1) is 13.8 Å². The number of hydrogen-bond acceptors (Lipinski definition) is 2. The van der Waals surface area contributed by atoms with Gasteiger partial charge >= 0.3 is 0 Å². The highest BCUT2D eigenvalue weighted by atomic mass is 79.9. The van der Waals surface area contributed by atoms with Crippen molar-refractivity contribution in [1.82, 2.24) is 9.78 Å². The molecule has 0 aliphatic heterocycles. The lowest BCUT2D eigenvalue weighted by Gasteiger charge is -2.05. The van der Waals surface area contributed by atoms with Gasteiger partial charge in [-0.1, -0.05) is 24.1 Å². The van der Waals surface area contributed by atoms with E-state index in [-0.39, 0.29) is 5.78 Å². The number of halogens is 1. The molecule has 4 heteroatoms. The van der Waals surface area contributed by atoms with E-state index in [1.54, 1.807) is 4.68 Å². The summed E-state index contributed by atoms with van der Waals surface area (Å²) < 4.78 is 2.75. The number of aryl methyl sites for hydroxylation is 4. The van der Waals surface area contributed by atoms with Gasteiger partial charge in [-0.05, 0) is 48.3 Å². The van der Waals surface area contributed by atoms with E-state index in [0.717, 1.165) is 39.0 Å². The van der Waals surface area contributed by atoms with Crippen molar-refractivity contribution in [2.75, 3.05) is 0 Å². The fraction of sp³-hybridized carbons (Fsp3) is 0.375. The highest BCUT2D eigenvalue weighted by Crippen LogP contribution is 2.23. The van der Waals surface area contributed by atoms with Crippen LogP contribution < -0.4 is 0 Å². The largest absolute Gasteiger partial charge is 0.294 e. The molecular weight excluding hydrogens is 316 g/mol. The minimum absolute atomic E-state index is 0.128. The summed E-state index contributed by atoms with van der Waals surface area (Å²) in [7, 11) is 1.88. The van der Waals surface area contributed by atoms with Crippen molar-refractivity contribution >= 4 is 21.7 Å². The van der Waals surface area contributed by atoms with Gasteiger partial charge in [0, 0.05) is 12.6 Å². The molecule has 20 heavy (non-hydrogen) atoms. The van der Waals surface area contributed by atoms with Crippen molar-refractivity contribution in [3.8, 4) is 0 Å². The van der Waals surface area contributed by atoms with Crippen molar-refractivity contribution in [3.05, 3.63) is 50.8 Å². The van der Waals surface area contributed by atoms with E-state index in [4.69, 9.17) is 0 Å². The summed E-state index contributed by atoms with van der Waals surface area (Å²) in [6.45, 7) is 6.08. The zero-order valence-electron chi connectivity index (χ0n) is 12.3. The molecule has 0 amide bonds. The minimum atomic E-state index is 0.128. The zero-order chi connectivity index (χ0) is 14.9. The summed E-state index contributed by atoms with van der Waals surface area (Å²) >= 11 is 3.56. The number of carbonyl (C=O) groups excluding carboxylic acids is 1. The maximum Gasteiger partial charge on any atom is 0.168 e. The summed E-state index contributed by atoms with van der Waals surface area (Å²) in [4.78, 5) is 12.5. The Bertz CT molecular complexity index is 638. The molecule has 0 saturated heterocycles. The van der Waals surface area contributed by atoms with Crippen LogP contribution in [-0.2, 0) is 19.9 Å². The zero-order valence-corrected chi connectivity index (χ0v) is 13.9. The maximum absolute atomic E-state index is 12.5. The second-order valence-electron chi connectivity index (χ2n) is 5.16. The van der Waals surface area contributed by atoms with E-state index < -0.39 is 0 Å². The first-order valence-electron chi connectivity index (χ1n) is 6.74. The number of ketones is 1. The Morgan fingerprint density at radius 1 is 1.25 bits per heavy atom. The van der Waals surface area contributed by atoms with Crippen LogP contribution in [0.5, 0.6) is 0 Å². The minimum Gasteiger partial charge on any atom is -0.294 e. The molecule has 1 aromatic heterocycles. The average molecular weight is 335 g/mol. The molecule has 3 nitrogen and oxygen atoms in total. The third-order valence-electron chi connectivity index (χ3n) is 3.37. The second-order valence-corrected chi connectivity index (χ2v) is 5.95. The second kappa shape index (κ2) is 5.92. The molecule has 0 aliphatic carbocycles. The Balaban J connectivity index is 2.30. The first-order chi connectivity index (χ1) is 9.42. The Labute approximate surface area is 128 Å². The molecule has 2 rings (SSSR count). The lowest BCUT2D eigenvalue weighted by Crippen LogP contribution is -2.09. The fourth-order valence-electron chi connectivity index (χ4n) is 2.40. The predicted octanol–water partition coefficient (Wildman–Crippen LogP) is 3.79. The van der Waals surface area contributed by atoms with Gasteiger partial charge in [0.2, 0.25) is 0 Å². The van der Waals surface area contributed by atoms with E-state index in [9.17, 15) is 4.79 Å². The number of aromatic nitrogens is 2. The monoisotopic (exact) mass is 334 g/mol. The molecule has 1 aromatic carbocycles. The third kappa shape index (κ3) is 3.01. The van der Waals surface area contributed by atoms with E-state index >= 15 is 0 Å². The van der Waals surface area contributed by atoms with Crippen LogP contribution in [0.2, 0.25) is 0 Å². The SMILES string of the molecule is CCc1nn(C)c(CC(=O)c2cc(C)cc(C)c2)c1Br. The summed E-state index contributed by atoms with van der Waals surface area (Å²) in [5.74, 6) is 0.128. The van der Waals surface area contributed by atoms with Gasteiger partial charge in [-0.3, -0.25) is 9.48 Å². The van der Waals surface area contributed by atoms with Gasteiger partial charge in [-0.25, -0.2) is 0 Å². The molecule has 0 aliphatic rings. The third-order valence-corrected chi connectivity index (χ3v) is 4.29. The normalized spacial score (nSPS) is 10.8. The maximum atomic E-state index is 12.5. The molecule has 0 saturated carbocycles. The van der Waals surface area contributed by atoms with Gasteiger partial charge in [-0.2, -0.15) is 5.10 Å². The van der Waals surface area contributed by atoms with Crippen molar-refractivity contribution in [2.45, 2.75) is 33.6 Å². The van der Waals surface area contributed by atoms with Crippen LogP contribution in [0.1, 0.15) is 39.8 Å². The lowest BCUT2D eigenvalue weighted by atomic mass is 10.0. The van der Waals surface area contributed by atoms with Gasteiger partial charge < -0.3 is 0 Å². The van der Waals surface area contributed by atoms with E-state index in [1.165, 1.54) is 0 Å². The quantitative estimate of drug-likeness (QED) is 0.797. The fourth-order valence-corrected chi connectivity index (χ4v) is 3.16. The molecular formula is C16H19BrN2O. The van der Waals surface area contributed by atoms with E-state index in [0.29, 0.717) is 6.42 Å². The van der Waals surface area contributed by atoms with Crippen LogP contribution in [0.4, 0.5) is 0 Å². The van der Waals surface area contributed by atoms with Crippen LogP contribution in [0.25, 0.3) is 0 Å². The van der Waals surface area contributed by atoms with Gasteiger partial charge in [0.05, 0.1) is 22.3 Å². The Morgan fingerprint density at radius 2 is 1.85 bits per heavy atom. The topological polar surface area (TPSA) is 34.9 Å². The van der Waals surface area contributed by atoms with Gasteiger partial charge in [0.15, 0.2) is 5.78 Å².